The van der Waals surface area contributed by atoms with Crippen molar-refractivity contribution in [2.75, 3.05) is 11.9 Å². The van der Waals surface area contributed by atoms with Crippen LogP contribution in [0.4, 0.5) is 5.69 Å². The standard InChI is InChI=1S/C19H19NO3/c1-12-8-9-16(19-15(21)10-13(2)18(12)19)23-11-17(22)20-14-6-4-3-5-7-14/h3-9,13H,10-11H2,1-2H3,(H,20,22)/t13-/m0/s1. The van der Waals surface area contributed by atoms with Crippen molar-refractivity contribution in [1.82, 2.24) is 0 Å². The van der Waals surface area contributed by atoms with Crippen molar-refractivity contribution >= 4 is 17.4 Å². The Kier molecular flexibility index (Phi) is 4.15. The molecule has 3 rings (SSSR count). The summed E-state index contributed by atoms with van der Waals surface area (Å²) < 4.78 is 5.62. The van der Waals surface area contributed by atoms with Crippen LogP contribution in [0.3, 0.4) is 0 Å². The Hall–Kier alpha value is -2.62. The summed E-state index contributed by atoms with van der Waals surface area (Å²) in [6.45, 7) is 3.93. The monoisotopic (exact) mass is 309 g/mol. The van der Waals surface area contributed by atoms with Gasteiger partial charge in [0.05, 0.1) is 5.56 Å². The fourth-order valence-corrected chi connectivity index (χ4v) is 3.09. The molecular weight excluding hydrogens is 290 g/mol. The van der Waals surface area contributed by atoms with E-state index < -0.39 is 0 Å². The van der Waals surface area contributed by atoms with Crippen LogP contribution in [0.1, 0.15) is 40.7 Å². The highest BCUT2D eigenvalue weighted by Crippen LogP contribution is 2.40. The topological polar surface area (TPSA) is 55.4 Å². The van der Waals surface area contributed by atoms with Gasteiger partial charge in [0.25, 0.3) is 5.91 Å². The minimum absolute atomic E-state index is 0.0923. The molecule has 0 bridgehead atoms. The molecule has 4 nitrogen and oxygen atoms in total. The summed E-state index contributed by atoms with van der Waals surface area (Å²) in [6.07, 6.45) is 0.507. The first kappa shape index (κ1) is 15.3. The van der Waals surface area contributed by atoms with Crippen LogP contribution >= 0.6 is 0 Å². The summed E-state index contributed by atoms with van der Waals surface area (Å²) in [5.74, 6) is 0.557. The second-order valence-corrected chi connectivity index (χ2v) is 5.90. The van der Waals surface area contributed by atoms with Gasteiger partial charge < -0.3 is 10.1 Å². The Morgan fingerprint density at radius 1 is 1.22 bits per heavy atom. The molecule has 0 aromatic heterocycles. The summed E-state index contributed by atoms with van der Waals surface area (Å²) in [6, 6.07) is 12.9. The van der Waals surface area contributed by atoms with Gasteiger partial charge in [-0.15, -0.1) is 0 Å². The fraction of sp³-hybridized carbons (Fsp3) is 0.263. The molecule has 23 heavy (non-hydrogen) atoms. The van der Waals surface area contributed by atoms with Crippen LogP contribution in [0.2, 0.25) is 0 Å². The van der Waals surface area contributed by atoms with E-state index >= 15 is 0 Å². The minimum atomic E-state index is -0.246. The highest BCUT2D eigenvalue weighted by Gasteiger charge is 2.31. The quantitative estimate of drug-likeness (QED) is 0.937. The number of ether oxygens (including phenoxy) is 1. The first-order valence-electron chi connectivity index (χ1n) is 7.70. The van der Waals surface area contributed by atoms with Crippen LogP contribution in [0.25, 0.3) is 0 Å². The average Bonchev–Trinajstić information content (AvgIpc) is 2.84. The van der Waals surface area contributed by atoms with Crippen molar-refractivity contribution in [2.45, 2.75) is 26.2 Å². The van der Waals surface area contributed by atoms with E-state index in [0.717, 1.165) is 16.8 Å². The molecule has 1 aliphatic rings. The number of rotatable bonds is 4. The van der Waals surface area contributed by atoms with Gasteiger partial charge in [-0.2, -0.15) is 0 Å². The van der Waals surface area contributed by atoms with Crippen molar-refractivity contribution in [3.8, 4) is 5.75 Å². The molecule has 1 amide bonds. The molecule has 2 aromatic rings. The van der Waals surface area contributed by atoms with Crippen LogP contribution in [0, 0.1) is 6.92 Å². The fourth-order valence-electron chi connectivity index (χ4n) is 3.09. The van der Waals surface area contributed by atoms with Gasteiger partial charge in [0, 0.05) is 12.1 Å². The molecule has 1 N–H and O–H groups in total. The molecule has 0 fully saturated rings. The van der Waals surface area contributed by atoms with Crippen LogP contribution in [0.5, 0.6) is 5.75 Å². The van der Waals surface area contributed by atoms with Crippen molar-refractivity contribution in [3.05, 3.63) is 59.2 Å². The summed E-state index contributed by atoms with van der Waals surface area (Å²) in [4.78, 5) is 24.2. The van der Waals surface area contributed by atoms with Gasteiger partial charge in [0.2, 0.25) is 0 Å². The van der Waals surface area contributed by atoms with Crippen LogP contribution in [-0.4, -0.2) is 18.3 Å². The van der Waals surface area contributed by atoms with E-state index in [1.165, 1.54) is 0 Å². The second kappa shape index (κ2) is 6.24. The second-order valence-electron chi connectivity index (χ2n) is 5.90. The lowest BCUT2D eigenvalue weighted by molar-refractivity contribution is -0.118. The highest BCUT2D eigenvalue weighted by molar-refractivity contribution is 6.04. The van der Waals surface area contributed by atoms with Gasteiger partial charge in [-0.1, -0.05) is 31.2 Å². The van der Waals surface area contributed by atoms with Crippen molar-refractivity contribution in [3.63, 3.8) is 0 Å². The number of benzene rings is 2. The third kappa shape index (κ3) is 3.11. The Bertz CT molecular complexity index is 753. The maximum atomic E-state index is 12.2. The smallest absolute Gasteiger partial charge is 0.262 e. The third-order valence-corrected chi connectivity index (χ3v) is 4.10. The molecule has 0 saturated heterocycles. The number of nitrogens with one attached hydrogen (secondary N) is 1. The molecule has 1 atom stereocenters. The summed E-state index contributed by atoms with van der Waals surface area (Å²) in [7, 11) is 0. The molecule has 0 radical (unpaired) electrons. The summed E-state index contributed by atoms with van der Waals surface area (Å²) in [5, 5.41) is 2.76. The normalized spacial score (nSPS) is 16.1. The van der Waals surface area contributed by atoms with E-state index in [-0.39, 0.29) is 24.2 Å². The first-order chi connectivity index (χ1) is 11.1. The van der Waals surface area contributed by atoms with E-state index in [0.29, 0.717) is 17.7 Å². The zero-order valence-corrected chi connectivity index (χ0v) is 13.3. The lowest BCUT2D eigenvalue weighted by Crippen LogP contribution is -2.20. The number of fused-ring (bicyclic) bond motifs is 1. The molecular formula is C19H19NO3. The Balaban J connectivity index is 1.72. The molecule has 4 heteroatoms. The van der Waals surface area contributed by atoms with E-state index in [2.05, 4.69) is 5.32 Å². The number of para-hydroxylation sites is 1. The molecule has 0 spiro atoms. The lowest BCUT2D eigenvalue weighted by atomic mass is 9.97. The number of anilines is 1. The van der Waals surface area contributed by atoms with Crippen LogP contribution < -0.4 is 10.1 Å². The number of hydrogen-bond donors (Lipinski definition) is 1. The first-order valence-corrected chi connectivity index (χ1v) is 7.70. The van der Waals surface area contributed by atoms with Gasteiger partial charge in [-0.05, 0) is 42.2 Å². The third-order valence-electron chi connectivity index (χ3n) is 4.10. The van der Waals surface area contributed by atoms with Crippen molar-refractivity contribution in [2.24, 2.45) is 0 Å². The van der Waals surface area contributed by atoms with E-state index in [4.69, 9.17) is 4.74 Å². The van der Waals surface area contributed by atoms with E-state index in [1.807, 2.05) is 50.2 Å². The predicted molar refractivity (Wildman–Crippen MR) is 89.1 cm³/mol. The zero-order chi connectivity index (χ0) is 16.4. The number of ketones is 1. The molecule has 0 aliphatic heterocycles. The minimum Gasteiger partial charge on any atom is -0.483 e. The molecule has 0 saturated carbocycles. The Morgan fingerprint density at radius 3 is 2.70 bits per heavy atom. The van der Waals surface area contributed by atoms with Crippen LogP contribution in [0.15, 0.2) is 42.5 Å². The maximum absolute atomic E-state index is 12.2. The largest absolute Gasteiger partial charge is 0.483 e. The summed E-state index contributed by atoms with van der Waals surface area (Å²) >= 11 is 0. The highest BCUT2D eigenvalue weighted by atomic mass is 16.5. The molecule has 1 aliphatic carbocycles. The average molecular weight is 309 g/mol. The zero-order valence-electron chi connectivity index (χ0n) is 13.3. The van der Waals surface area contributed by atoms with E-state index in [1.54, 1.807) is 6.07 Å². The molecule has 0 heterocycles. The number of amides is 1. The van der Waals surface area contributed by atoms with Gasteiger partial charge in [0.1, 0.15) is 5.75 Å². The number of aryl methyl sites for hydroxylation is 1. The maximum Gasteiger partial charge on any atom is 0.262 e. The van der Waals surface area contributed by atoms with Crippen molar-refractivity contribution in [1.29, 1.82) is 0 Å². The molecule has 2 aromatic carbocycles. The SMILES string of the molecule is Cc1ccc(OCC(=O)Nc2ccccc2)c2c1[C@@H](C)CC2=O. The number of hydrogen-bond acceptors (Lipinski definition) is 3. The van der Waals surface area contributed by atoms with Gasteiger partial charge in [0.15, 0.2) is 12.4 Å². The lowest BCUT2D eigenvalue weighted by Gasteiger charge is -2.13. The summed E-state index contributed by atoms with van der Waals surface area (Å²) in [5.41, 5.74) is 3.51. The van der Waals surface area contributed by atoms with Gasteiger partial charge in [-0.25, -0.2) is 0 Å². The molecule has 0 unspecified atom stereocenters. The van der Waals surface area contributed by atoms with E-state index in [9.17, 15) is 9.59 Å². The Labute approximate surface area is 135 Å². The van der Waals surface area contributed by atoms with Gasteiger partial charge >= 0.3 is 0 Å². The molecule has 118 valence electrons. The number of Topliss-reactive ketones (excluding diaryl/α,β-unsaturated/α-hetero) is 1. The van der Waals surface area contributed by atoms with Crippen LogP contribution in [-0.2, 0) is 4.79 Å². The number of carbonyl (C=O) groups is 2. The van der Waals surface area contributed by atoms with Crippen molar-refractivity contribution < 1.29 is 14.3 Å². The predicted octanol–water partition coefficient (Wildman–Crippen LogP) is 3.70. The van der Waals surface area contributed by atoms with Gasteiger partial charge in [-0.3, -0.25) is 9.59 Å². The number of carbonyl (C=O) groups excluding carboxylic acids is 2. The Morgan fingerprint density at radius 2 is 1.96 bits per heavy atom.